The van der Waals surface area contributed by atoms with Gasteiger partial charge in [0.15, 0.2) is 9.84 Å². The number of nitrogens with one attached hydrogen (secondary N) is 1. The summed E-state index contributed by atoms with van der Waals surface area (Å²) >= 11 is 0. The highest BCUT2D eigenvalue weighted by Crippen LogP contribution is 2.42. The van der Waals surface area contributed by atoms with Gasteiger partial charge in [0, 0.05) is 30.9 Å². The zero-order valence-corrected chi connectivity index (χ0v) is 14.0. The van der Waals surface area contributed by atoms with E-state index in [1.807, 2.05) is 19.1 Å². The minimum absolute atomic E-state index is 0.142. The van der Waals surface area contributed by atoms with Crippen LogP contribution in [0.15, 0.2) is 29.2 Å². The van der Waals surface area contributed by atoms with Gasteiger partial charge in [-0.25, -0.2) is 8.42 Å². The second-order valence-electron chi connectivity index (χ2n) is 6.35. The highest BCUT2D eigenvalue weighted by atomic mass is 32.2. The van der Waals surface area contributed by atoms with Crippen molar-refractivity contribution in [2.24, 2.45) is 5.41 Å². The average Bonchev–Trinajstić information content (AvgIpc) is 2.41. The summed E-state index contributed by atoms with van der Waals surface area (Å²) in [6, 6.07) is 7.51. The number of rotatable bonds is 6. The molecule has 0 saturated heterocycles. The van der Waals surface area contributed by atoms with Crippen molar-refractivity contribution in [1.82, 2.24) is 5.32 Å². The van der Waals surface area contributed by atoms with E-state index in [0.29, 0.717) is 17.0 Å². The van der Waals surface area contributed by atoms with Crippen molar-refractivity contribution in [3.63, 3.8) is 0 Å². The first-order valence-corrected chi connectivity index (χ1v) is 9.28. The fraction of sp³-hybridized carbons (Fsp3) is 0.625. The Balaban J connectivity index is 1.90. The molecule has 2 unspecified atom stereocenters. The van der Waals surface area contributed by atoms with E-state index in [9.17, 15) is 8.42 Å². The van der Waals surface area contributed by atoms with Crippen LogP contribution in [0.1, 0.15) is 32.8 Å². The van der Waals surface area contributed by atoms with E-state index in [1.165, 1.54) is 6.26 Å². The summed E-state index contributed by atoms with van der Waals surface area (Å²) in [6.45, 7) is 7.98. The van der Waals surface area contributed by atoms with Crippen LogP contribution in [0.25, 0.3) is 0 Å². The van der Waals surface area contributed by atoms with Gasteiger partial charge in [-0.3, -0.25) is 0 Å². The van der Waals surface area contributed by atoms with Crippen LogP contribution < -0.4 is 5.32 Å². The third-order valence-electron chi connectivity index (χ3n) is 4.45. The Morgan fingerprint density at radius 3 is 2.38 bits per heavy atom. The topological polar surface area (TPSA) is 55.4 Å². The Labute approximate surface area is 127 Å². The molecule has 1 aromatic carbocycles. The van der Waals surface area contributed by atoms with Gasteiger partial charge in [0.1, 0.15) is 0 Å². The second kappa shape index (κ2) is 6.07. The van der Waals surface area contributed by atoms with E-state index in [-0.39, 0.29) is 5.41 Å². The van der Waals surface area contributed by atoms with E-state index in [2.05, 4.69) is 19.2 Å². The normalized spacial score (nSPS) is 24.6. The molecule has 0 amide bonds. The Morgan fingerprint density at radius 1 is 1.29 bits per heavy atom. The smallest absolute Gasteiger partial charge is 0.175 e. The molecular formula is C16H25NO3S. The molecule has 1 aromatic rings. The largest absolute Gasteiger partial charge is 0.378 e. The summed E-state index contributed by atoms with van der Waals surface area (Å²) in [5.41, 5.74) is 1.24. The van der Waals surface area contributed by atoms with Crippen LogP contribution in [0.2, 0.25) is 0 Å². The summed E-state index contributed by atoms with van der Waals surface area (Å²) in [5, 5.41) is 3.54. The third-order valence-corrected chi connectivity index (χ3v) is 5.58. The van der Waals surface area contributed by atoms with Crippen molar-refractivity contribution < 1.29 is 13.2 Å². The summed E-state index contributed by atoms with van der Waals surface area (Å²) < 4.78 is 28.6. The van der Waals surface area contributed by atoms with E-state index in [4.69, 9.17) is 4.74 Å². The van der Waals surface area contributed by atoms with E-state index in [1.54, 1.807) is 12.1 Å². The molecule has 0 aliphatic heterocycles. The van der Waals surface area contributed by atoms with Crippen LogP contribution in [0, 0.1) is 5.41 Å². The maximum Gasteiger partial charge on any atom is 0.175 e. The predicted octanol–water partition coefficient (Wildman–Crippen LogP) is 2.38. The molecule has 118 valence electrons. The van der Waals surface area contributed by atoms with Gasteiger partial charge in [-0.05, 0) is 31.0 Å². The lowest BCUT2D eigenvalue weighted by Crippen LogP contribution is -2.60. The molecule has 1 fully saturated rings. The summed E-state index contributed by atoms with van der Waals surface area (Å²) in [7, 11) is -3.11. The van der Waals surface area contributed by atoms with Crippen LogP contribution in [-0.2, 0) is 21.1 Å². The molecule has 1 N–H and O–H groups in total. The molecule has 2 atom stereocenters. The molecule has 5 heteroatoms. The van der Waals surface area contributed by atoms with Crippen LogP contribution in [0.5, 0.6) is 0 Å². The van der Waals surface area contributed by atoms with Crippen molar-refractivity contribution in [1.29, 1.82) is 0 Å². The lowest BCUT2D eigenvalue weighted by molar-refractivity contribution is -0.114. The zero-order chi connectivity index (χ0) is 15.7. The monoisotopic (exact) mass is 311 g/mol. The molecule has 0 bridgehead atoms. The molecule has 1 aliphatic carbocycles. The van der Waals surface area contributed by atoms with Gasteiger partial charge in [-0.15, -0.1) is 0 Å². The van der Waals surface area contributed by atoms with Gasteiger partial charge in [0.25, 0.3) is 0 Å². The highest BCUT2D eigenvalue weighted by molar-refractivity contribution is 7.90. The van der Waals surface area contributed by atoms with Gasteiger partial charge in [-0.2, -0.15) is 0 Å². The molecule has 21 heavy (non-hydrogen) atoms. The number of hydrogen-bond donors (Lipinski definition) is 1. The maximum atomic E-state index is 11.4. The van der Waals surface area contributed by atoms with Gasteiger partial charge >= 0.3 is 0 Å². The summed E-state index contributed by atoms with van der Waals surface area (Å²) in [6.07, 6.45) is 2.58. The molecule has 0 spiro atoms. The van der Waals surface area contributed by atoms with Crippen molar-refractivity contribution in [3.05, 3.63) is 29.8 Å². The first kappa shape index (κ1) is 16.5. The van der Waals surface area contributed by atoms with E-state index >= 15 is 0 Å². The molecule has 0 radical (unpaired) electrons. The summed E-state index contributed by atoms with van der Waals surface area (Å²) in [4.78, 5) is 0.367. The van der Waals surface area contributed by atoms with Crippen molar-refractivity contribution in [2.45, 2.75) is 50.8 Å². The molecule has 0 aromatic heterocycles. The third kappa shape index (κ3) is 3.65. The fourth-order valence-corrected chi connectivity index (χ4v) is 3.44. The summed E-state index contributed by atoms with van der Waals surface area (Å²) in [5.74, 6) is 0. The number of hydrogen-bond acceptors (Lipinski definition) is 4. The zero-order valence-electron chi connectivity index (χ0n) is 13.2. The van der Waals surface area contributed by atoms with Crippen molar-refractivity contribution in [3.8, 4) is 0 Å². The lowest BCUT2D eigenvalue weighted by Gasteiger charge is -2.52. The molecule has 4 nitrogen and oxygen atoms in total. The minimum Gasteiger partial charge on any atom is -0.378 e. The van der Waals surface area contributed by atoms with Gasteiger partial charge < -0.3 is 10.1 Å². The van der Waals surface area contributed by atoms with Crippen LogP contribution >= 0.6 is 0 Å². The minimum atomic E-state index is -3.11. The number of sulfone groups is 1. The van der Waals surface area contributed by atoms with E-state index in [0.717, 1.165) is 25.1 Å². The first-order valence-electron chi connectivity index (χ1n) is 7.39. The molecule has 1 aliphatic rings. The fourth-order valence-electron chi connectivity index (χ4n) is 2.81. The van der Waals surface area contributed by atoms with Crippen LogP contribution in [-0.4, -0.2) is 33.4 Å². The lowest BCUT2D eigenvalue weighted by atomic mass is 9.64. The second-order valence-corrected chi connectivity index (χ2v) is 8.37. The SMILES string of the molecule is CCOC1CC(NCc2ccc(S(C)(=O)=O)cc2)C1(C)C. The van der Waals surface area contributed by atoms with Gasteiger partial charge in [0.2, 0.25) is 0 Å². The molecule has 0 heterocycles. The average molecular weight is 311 g/mol. The van der Waals surface area contributed by atoms with Crippen molar-refractivity contribution in [2.75, 3.05) is 12.9 Å². The standard InChI is InChI=1S/C16H25NO3S/c1-5-20-15-10-14(16(15,2)3)17-11-12-6-8-13(9-7-12)21(4,18)19/h6-9,14-15,17H,5,10-11H2,1-4H3. The van der Waals surface area contributed by atoms with E-state index < -0.39 is 9.84 Å². The number of benzene rings is 1. The van der Waals surface area contributed by atoms with Crippen LogP contribution in [0.4, 0.5) is 0 Å². The van der Waals surface area contributed by atoms with Gasteiger partial charge in [-0.1, -0.05) is 26.0 Å². The Bertz CT molecular complexity index is 578. The Kier molecular flexibility index (Phi) is 4.76. The molecule has 2 rings (SSSR count). The molecular weight excluding hydrogens is 286 g/mol. The molecule has 1 saturated carbocycles. The number of ether oxygens (including phenoxy) is 1. The van der Waals surface area contributed by atoms with Gasteiger partial charge in [0.05, 0.1) is 11.0 Å². The Morgan fingerprint density at radius 2 is 1.90 bits per heavy atom. The van der Waals surface area contributed by atoms with Crippen molar-refractivity contribution >= 4 is 9.84 Å². The first-order chi connectivity index (χ1) is 9.75. The predicted molar refractivity (Wildman–Crippen MR) is 84.0 cm³/mol. The Hall–Kier alpha value is -0.910. The maximum absolute atomic E-state index is 11.4. The highest BCUT2D eigenvalue weighted by Gasteiger charge is 2.48. The van der Waals surface area contributed by atoms with Crippen LogP contribution in [0.3, 0.4) is 0 Å². The quantitative estimate of drug-likeness (QED) is 0.876.